The van der Waals surface area contributed by atoms with Gasteiger partial charge in [-0.25, -0.2) is 17.5 Å². The van der Waals surface area contributed by atoms with Crippen LogP contribution in [0.15, 0.2) is 47.4 Å². The first kappa shape index (κ1) is 22.5. The summed E-state index contributed by atoms with van der Waals surface area (Å²) in [6, 6.07) is 10.0. The molecule has 154 valence electrons. The molecule has 8 nitrogen and oxygen atoms in total. The predicted molar refractivity (Wildman–Crippen MR) is 108 cm³/mol. The molecule has 0 heterocycles. The van der Waals surface area contributed by atoms with Gasteiger partial charge in [-0.1, -0.05) is 23.7 Å². The fraction of sp³-hybridized carbons (Fsp3) is 0.211. The third kappa shape index (κ3) is 5.41. The SMILES string of the molecule is CC(=O)c1ccccc1NC(=O)COC(=O)c1cc(S(=O)(=O)N(C)C)ccc1Cl. The summed E-state index contributed by atoms with van der Waals surface area (Å²) in [5, 5.41) is 2.47. The lowest BCUT2D eigenvalue weighted by Crippen LogP contribution is -2.23. The maximum absolute atomic E-state index is 12.3. The van der Waals surface area contributed by atoms with Crippen LogP contribution in [0.4, 0.5) is 5.69 Å². The standard InChI is InChI=1S/C19H19ClN2O6S/c1-12(23)14-6-4-5-7-17(14)21-18(24)11-28-19(25)15-10-13(8-9-16(15)20)29(26,27)22(2)3/h4-10H,11H2,1-3H3,(H,21,24). The molecule has 2 rings (SSSR count). The molecule has 0 spiro atoms. The minimum absolute atomic E-state index is 0.0185. The van der Waals surface area contributed by atoms with Crippen LogP contribution in [0.3, 0.4) is 0 Å². The number of hydrogen-bond acceptors (Lipinski definition) is 6. The third-order valence-corrected chi connectivity index (χ3v) is 5.99. The summed E-state index contributed by atoms with van der Waals surface area (Å²) >= 11 is 5.97. The summed E-state index contributed by atoms with van der Waals surface area (Å²) in [6.45, 7) is 0.716. The van der Waals surface area contributed by atoms with Crippen LogP contribution in [0.25, 0.3) is 0 Å². The Morgan fingerprint density at radius 1 is 1.07 bits per heavy atom. The number of ketones is 1. The molecule has 1 amide bonds. The van der Waals surface area contributed by atoms with Crippen LogP contribution >= 0.6 is 11.6 Å². The van der Waals surface area contributed by atoms with Crippen LogP contribution in [0.5, 0.6) is 0 Å². The van der Waals surface area contributed by atoms with Gasteiger partial charge in [-0.05, 0) is 37.3 Å². The number of para-hydroxylation sites is 1. The topological polar surface area (TPSA) is 110 Å². The number of ether oxygens (including phenoxy) is 1. The second-order valence-corrected chi connectivity index (χ2v) is 8.71. The molecule has 0 saturated carbocycles. The molecule has 0 radical (unpaired) electrons. The number of Topliss-reactive ketones (excluding diaryl/α,β-unsaturated/α-hetero) is 1. The lowest BCUT2D eigenvalue weighted by molar-refractivity contribution is -0.119. The predicted octanol–water partition coefficient (Wildman–Crippen LogP) is 2.59. The molecule has 0 aliphatic rings. The summed E-state index contributed by atoms with van der Waals surface area (Å²) in [6.07, 6.45) is 0. The lowest BCUT2D eigenvalue weighted by Gasteiger charge is -2.13. The van der Waals surface area contributed by atoms with Gasteiger partial charge in [-0.15, -0.1) is 0 Å². The first-order valence-corrected chi connectivity index (χ1v) is 10.1. The number of esters is 1. The highest BCUT2D eigenvalue weighted by Gasteiger charge is 2.22. The smallest absolute Gasteiger partial charge is 0.340 e. The van der Waals surface area contributed by atoms with Gasteiger partial charge in [0.1, 0.15) is 0 Å². The Labute approximate surface area is 173 Å². The van der Waals surface area contributed by atoms with Crippen molar-refractivity contribution in [3.05, 3.63) is 58.6 Å². The summed E-state index contributed by atoms with van der Waals surface area (Å²) in [5.41, 5.74) is 0.418. The molecule has 0 unspecified atom stereocenters. The van der Waals surface area contributed by atoms with Gasteiger partial charge in [0, 0.05) is 19.7 Å². The van der Waals surface area contributed by atoms with E-state index in [0.717, 1.165) is 10.4 Å². The molecule has 10 heteroatoms. The van der Waals surface area contributed by atoms with Crippen molar-refractivity contribution < 1.29 is 27.5 Å². The molecule has 0 bridgehead atoms. The van der Waals surface area contributed by atoms with Gasteiger partial charge in [-0.3, -0.25) is 9.59 Å². The Balaban J connectivity index is 2.12. The van der Waals surface area contributed by atoms with Crippen LogP contribution in [0.1, 0.15) is 27.6 Å². The second-order valence-electron chi connectivity index (χ2n) is 6.16. The highest BCUT2D eigenvalue weighted by Crippen LogP contribution is 2.23. The van der Waals surface area contributed by atoms with Gasteiger partial charge in [0.05, 0.1) is 21.2 Å². The summed E-state index contributed by atoms with van der Waals surface area (Å²) in [4.78, 5) is 35.8. The zero-order valence-electron chi connectivity index (χ0n) is 15.9. The van der Waals surface area contributed by atoms with Gasteiger partial charge >= 0.3 is 5.97 Å². The minimum atomic E-state index is -3.78. The largest absolute Gasteiger partial charge is 0.452 e. The van der Waals surface area contributed by atoms with E-state index < -0.39 is 28.5 Å². The maximum atomic E-state index is 12.3. The van der Waals surface area contributed by atoms with Crippen molar-refractivity contribution in [2.45, 2.75) is 11.8 Å². The van der Waals surface area contributed by atoms with Crippen molar-refractivity contribution in [2.75, 3.05) is 26.0 Å². The first-order chi connectivity index (χ1) is 13.5. The number of halogens is 1. The molecule has 29 heavy (non-hydrogen) atoms. The van der Waals surface area contributed by atoms with E-state index in [4.69, 9.17) is 16.3 Å². The van der Waals surface area contributed by atoms with Crippen LogP contribution < -0.4 is 5.32 Å². The summed E-state index contributed by atoms with van der Waals surface area (Å²) < 4.78 is 30.4. The number of nitrogens with one attached hydrogen (secondary N) is 1. The Bertz CT molecular complexity index is 1070. The summed E-state index contributed by atoms with van der Waals surface area (Å²) in [5.74, 6) is -1.86. The Morgan fingerprint density at radius 3 is 2.34 bits per heavy atom. The number of benzene rings is 2. The number of hydrogen-bond donors (Lipinski definition) is 1. The summed E-state index contributed by atoms with van der Waals surface area (Å²) in [7, 11) is -1.07. The number of amides is 1. The molecule has 0 aliphatic heterocycles. The average molecular weight is 439 g/mol. The third-order valence-electron chi connectivity index (χ3n) is 3.85. The van der Waals surface area contributed by atoms with E-state index in [9.17, 15) is 22.8 Å². The molecule has 1 N–H and O–H groups in total. The van der Waals surface area contributed by atoms with Gasteiger partial charge in [0.15, 0.2) is 12.4 Å². The van der Waals surface area contributed by atoms with Crippen molar-refractivity contribution >= 4 is 45.0 Å². The Hall–Kier alpha value is -2.75. The van der Waals surface area contributed by atoms with Crippen molar-refractivity contribution in [3.63, 3.8) is 0 Å². The number of nitrogens with zero attached hydrogens (tertiary/aromatic N) is 1. The Morgan fingerprint density at radius 2 is 1.72 bits per heavy atom. The minimum Gasteiger partial charge on any atom is -0.452 e. The average Bonchev–Trinajstić information content (AvgIpc) is 2.66. The van der Waals surface area contributed by atoms with Crippen molar-refractivity contribution in [1.82, 2.24) is 4.31 Å². The molecule has 0 saturated heterocycles. The zero-order chi connectivity index (χ0) is 21.8. The molecular weight excluding hydrogens is 420 g/mol. The zero-order valence-corrected chi connectivity index (χ0v) is 17.5. The fourth-order valence-corrected chi connectivity index (χ4v) is 3.45. The van der Waals surface area contributed by atoms with Crippen LogP contribution in [-0.2, 0) is 19.6 Å². The monoisotopic (exact) mass is 438 g/mol. The second kappa shape index (κ2) is 9.17. The van der Waals surface area contributed by atoms with Crippen molar-refractivity contribution in [3.8, 4) is 0 Å². The van der Waals surface area contributed by atoms with Crippen molar-refractivity contribution in [1.29, 1.82) is 0 Å². The number of rotatable bonds is 7. The number of anilines is 1. The molecule has 0 aliphatic carbocycles. The van der Waals surface area contributed by atoms with E-state index >= 15 is 0 Å². The maximum Gasteiger partial charge on any atom is 0.340 e. The lowest BCUT2D eigenvalue weighted by atomic mass is 10.1. The van der Waals surface area contributed by atoms with E-state index in [1.54, 1.807) is 24.3 Å². The van der Waals surface area contributed by atoms with E-state index in [2.05, 4.69) is 5.32 Å². The van der Waals surface area contributed by atoms with Crippen molar-refractivity contribution in [2.24, 2.45) is 0 Å². The Kier molecular flexibility index (Phi) is 7.12. The van der Waals surface area contributed by atoms with Crippen LogP contribution in [0, 0.1) is 0 Å². The number of carbonyl (C=O) groups is 3. The van der Waals surface area contributed by atoms with Gasteiger partial charge in [-0.2, -0.15) is 0 Å². The molecule has 0 aromatic heterocycles. The molecule has 0 fully saturated rings. The molecule has 2 aromatic carbocycles. The van der Waals surface area contributed by atoms with E-state index in [1.165, 1.54) is 33.2 Å². The number of carbonyl (C=O) groups excluding carboxylic acids is 3. The molecule has 2 aromatic rings. The van der Waals surface area contributed by atoms with E-state index in [-0.39, 0.29) is 27.0 Å². The van der Waals surface area contributed by atoms with Gasteiger partial charge < -0.3 is 10.1 Å². The molecular formula is C19H19ClN2O6S. The van der Waals surface area contributed by atoms with Gasteiger partial charge in [0.25, 0.3) is 5.91 Å². The number of sulfonamides is 1. The van der Waals surface area contributed by atoms with E-state index in [0.29, 0.717) is 5.56 Å². The van der Waals surface area contributed by atoms with E-state index in [1.807, 2.05) is 0 Å². The van der Waals surface area contributed by atoms with Crippen LogP contribution in [-0.4, -0.2) is 51.1 Å². The molecule has 0 atom stereocenters. The highest BCUT2D eigenvalue weighted by atomic mass is 35.5. The van der Waals surface area contributed by atoms with Gasteiger partial charge in [0.2, 0.25) is 10.0 Å². The highest BCUT2D eigenvalue weighted by molar-refractivity contribution is 7.89. The fourth-order valence-electron chi connectivity index (χ4n) is 2.33. The quantitative estimate of drug-likeness (QED) is 0.525. The van der Waals surface area contributed by atoms with Crippen LogP contribution in [0.2, 0.25) is 5.02 Å². The first-order valence-electron chi connectivity index (χ1n) is 8.33. The normalized spacial score (nSPS) is 11.2.